The Labute approximate surface area is 167 Å². The van der Waals surface area contributed by atoms with Crippen LogP contribution in [0, 0.1) is 0 Å². The van der Waals surface area contributed by atoms with Gasteiger partial charge in [-0.3, -0.25) is 0 Å². The number of amidine groups is 1. The van der Waals surface area contributed by atoms with E-state index in [0.29, 0.717) is 33.3 Å². The van der Waals surface area contributed by atoms with Crippen LogP contribution in [0.4, 0.5) is 0 Å². The van der Waals surface area contributed by atoms with Gasteiger partial charge in [0.15, 0.2) is 16.7 Å². The van der Waals surface area contributed by atoms with E-state index in [1.54, 1.807) is 30.5 Å². The minimum atomic E-state index is 0.237. The summed E-state index contributed by atoms with van der Waals surface area (Å²) in [5, 5.41) is 9.31. The number of nitrogens with zero attached hydrogens (tertiary/aromatic N) is 2. The lowest BCUT2D eigenvalue weighted by atomic mass is 10.2. The van der Waals surface area contributed by atoms with E-state index in [9.17, 15) is 0 Å². The second-order valence-corrected chi connectivity index (χ2v) is 6.66. The molecule has 0 heterocycles. The van der Waals surface area contributed by atoms with Crippen LogP contribution in [0.5, 0.6) is 11.5 Å². The van der Waals surface area contributed by atoms with Crippen molar-refractivity contribution >= 4 is 46.3 Å². The third-order valence-corrected chi connectivity index (χ3v) is 4.48. The van der Waals surface area contributed by atoms with Gasteiger partial charge in [0.2, 0.25) is 0 Å². The molecule has 0 amide bonds. The molecule has 26 heavy (non-hydrogen) atoms. The molecule has 0 unspecified atom stereocenters. The highest BCUT2D eigenvalue weighted by Crippen LogP contribution is 2.31. The summed E-state index contributed by atoms with van der Waals surface area (Å²) in [6.07, 6.45) is 3.43. The Kier molecular flexibility index (Phi) is 8.09. The lowest BCUT2D eigenvalue weighted by Gasteiger charge is -2.14. The lowest BCUT2D eigenvalue weighted by Crippen LogP contribution is -2.04. The zero-order valence-electron chi connectivity index (χ0n) is 14.4. The van der Waals surface area contributed by atoms with Crippen molar-refractivity contribution in [3.05, 3.63) is 57.6 Å². The van der Waals surface area contributed by atoms with Crippen molar-refractivity contribution in [3.8, 4) is 11.5 Å². The van der Waals surface area contributed by atoms with Crippen molar-refractivity contribution in [1.29, 1.82) is 0 Å². The third-order valence-electron chi connectivity index (χ3n) is 3.27. The van der Waals surface area contributed by atoms with Gasteiger partial charge in [-0.25, -0.2) is 0 Å². The van der Waals surface area contributed by atoms with E-state index in [1.807, 2.05) is 25.3 Å². The molecule has 2 aromatic carbocycles. The highest BCUT2D eigenvalue weighted by Gasteiger charge is 2.10. The minimum absolute atomic E-state index is 0.237. The molecule has 138 valence electrons. The Morgan fingerprint density at radius 1 is 1.15 bits per heavy atom. The van der Waals surface area contributed by atoms with Crippen LogP contribution in [0.2, 0.25) is 10.0 Å². The fraction of sp³-hybridized carbons (Fsp3) is 0.222. The second kappa shape index (κ2) is 10.3. The molecule has 2 rings (SSSR count). The van der Waals surface area contributed by atoms with Crippen molar-refractivity contribution in [2.75, 3.05) is 12.9 Å². The Hall–Kier alpha value is -1.89. The summed E-state index contributed by atoms with van der Waals surface area (Å²) in [6, 6.07) is 10.8. The van der Waals surface area contributed by atoms with Gasteiger partial charge in [0.1, 0.15) is 6.61 Å². The standard InChI is InChI=1S/C18H19Cl2N3O2S/c1-3-24-17-9-12(10-22-23-18(21)26-2)7-8-16(17)25-11-13-14(19)5-4-6-15(13)20/h4-10H,3,11H2,1-2H3,(H2,21,23)/b22-10-. The topological polar surface area (TPSA) is 69.2 Å². The number of ether oxygens (including phenoxy) is 2. The number of hydrogen-bond acceptors (Lipinski definition) is 5. The molecule has 0 atom stereocenters. The number of hydrogen-bond donors (Lipinski definition) is 1. The van der Waals surface area contributed by atoms with Crippen molar-refractivity contribution < 1.29 is 9.47 Å². The molecule has 0 bridgehead atoms. The summed E-state index contributed by atoms with van der Waals surface area (Å²) in [7, 11) is 0. The molecule has 0 spiro atoms. The Bertz CT molecular complexity index is 793. The molecule has 0 aromatic heterocycles. The molecule has 0 fully saturated rings. The quantitative estimate of drug-likeness (QED) is 0.396. The van der Waals surface area contributed by atoms with Crippen molar-refractivity contribution in [2.24, 2.45) is 15.9 Å². The first-order chi connectivity index (χ1) is 12.5. The summed E-state index contributed by atoms with van der Waals surface area (Å²) in [5.41, 5.74) is 7.13. The van der Waals surface area contributed by atoms with Crippen molar-refractivity contribution in [2.45, 2.75) is 13.5 Å². The van der Waals surface area contributed by atoms with Crippen molar-refractivity contribution in [1.82, 2.24) is 0 Å². The van der Waals surface area contributed by atoms with Gasteiger partial charge in [0.05, 0.1) is 12.8 Å². The van der Waals surface area contributed by atoms with Crippen LogP contribution in [-0.2, 0) is 6.61 Å². The molecule has 2 N–H and O–H groups in total. The fourth-order valence-corrected chi connectivity index (χ4v) is 2.64. The van der Waals surface area contributed by atoms with E-state index in [2.05, 4.69) is 10.2 Å². The Balaban J connectivity index is 2.18. The molecule has 0 saturated carbocycles. The van der Waals surface area contributed by atoms with Gasteiger partial charge in [0, 0.05) is 15.6 Å². The molecular weight excluding hydrogens is 393 g/mol. The zero-order valence-corrected chi connectivity index (χ0v) is 16.7. The van der Waals surface area contributed by atoms with Gasteiger partial charge in [-0.15, -0.1) is 5.10 Å². The first-order valence-corrected chi connectivity index (χ1v) is 9.76. The Morgan fingerprint density at radius 3 is 2.54 bits per heavy atom. The van der Waals surface area contributed by atoms with Gasteiger partial charge >= 0.3 is 0 Å². The van der Waals surface area contributed by atoms with Gasteiger partial charge in [-0.1, -0.05) is 41.0 Å². The van der Waals surface area contributed by atoms with E-state index < -0.39 is 0 Å². The van der Waals surface area contributed by atoms with E-state index in [0.717, 1.165) is 11.1 Å². The van der Waals surface area contributed by atoms with Gasteiger partial charge in [-0.05, 0) is 49.1 Å². The van der Waals surface area contributed by atoms with E-state index in [-0.39, 0.29) is 6.61 Å². The Morgan fingerprint density at radius 2 is 1.88 bits per heavy atom. The number of benzene rings is 2. The smallest absolute Gasteiger partial charge is 0.180 e. The highest BCUT2D eigenvalue weighted by atomic mass is 35.5. The van der Waals surface area contributed by atoms with Crippen LogP contribution in [0.15, 0.2) is 46.6 Å². The number of nitrogens with two attached hydrogens (primary N) is 1. The third kappa shape index (κ3) is 5.83. The molecule has 0 radical (unpaired) electrons. The fourth-order valence-electron chi connectivity index (χ4n) is 2.01. The number of thioether (sulfide) groups is 1. The maximum Gasteiger partial charge on any atom is 0.180 e. The molecule has 0 aliphatic carbocycles. The molecule has 0 aliphatic heterocycles. The summed E-state index contributed by atoms with van der Waals surface area (Å²) < 4.78 is 11.5. The summed E-state index contributed by atoms with van der Waals surface area (Å²) in [6.45, 7) is 2.64. The number of halogens is 2. The molecule has 2 aromatic rings. The zero-order chi connectivity index (χ0) is 18.9. The normalized spacial score (nSPS) is 11.8. The molecule has 0 saturated heterocycles. The second-order valence-electron chi connectivity index (χ2n) is 5.02. The maximum absolute atomic E-state index is 6.18. The molecule has 0 aliphatic rings. The summed E-state index contributed by atoms with van der Waals surface area (Å²) in [4.78, 5) is 0. The van der Waals surface area contributed by atoms with Crippen LogP contribution in [0.3, 0.4) is 0 Å². The number of rotatable bonds is 7. The molecule has 8 heteroatoms. The van der Waals surface area contributed by atoms with Gasteiger partial charge < -0.3 is 15.2 Å². The largest absolute Gasteiger partial charge is 0.490 e. The average Bonchev–Trinajstić information content (AvgIpc) is 2.62. The minimum Gasteiger partial charge on any atom is -0.490 e. The van der Waals surface area contributed by atoms with Crippen LogP contribution in [0.1, 0.15) is 18.1 Å². The van der Waals surface area contributed by atoms with E-state index >= 15 is 0 Å². The predicted molar refractivity (Wildman–Crippen MR) is 111 cm³/mol. The molecule has 5 nitrogen and oxygen atoms in total. The first-order valence-electron chi connectivity index (χ1n) is 7.78. The lowest BCUT2D eigenvalue weighted by molar-refractivity contribution is 0.269. The SMILES string of the molecule is CCOc1cc(/C=N\N=C(/N)SC)ccc1OCc1c(Cl)cccc1Cl. The molecular formula is C18H19Cl2N3O2S. The van der Waals surface area contributed by atoms with E-state index in [4.69, 9.17) is 38.4 Å². The monoisotopic (exact) mass is 411 g/mol. The summed E-state index contributed by atoms with van der Waals surface area (Å²) >= 11 is 13.7. The van der Waals surface area contributed by atoms with Crippen LogP contribution >= 0.6 is 35.0 Å². The van der Waals surface area contributed by atoms with Crippen LogP contribution in [-0.4, -0.2) is 24.2 Å². The van der Waals surface area contributed by atoms with Gasteiger partial charge in [-0.2, -0.15) is 5.10 Å². The van der Waals surface area contributed by atoms with Crippen LogP contribution in [0.25, 0.3) is 0 Å². The van der Waals surface area contributed by atoms with Gasteiger partial charge in [0.25, 0.3) is 0 Å². The average molecular weight is 412 g/mol. The summed E-state index contributed by atoms with van der Waals surface area (Å²) in [5.74, 6) is 1.19. The maximum atomic E-state index is 6.18. The first kappa shape index (κ1) is 20.4. The van der Waals surface area contributed by atoms with Crippen molar-refractivity contribution in [3.63, 3.8) is 0 Å². The van der Waals surface area contributed by atoms with Crippen LogP contribution < -0.4 is 15.2 Å². The highest BCUT2D eigenvalue weighted by molar-refractivity contribution is 8.13. The van der Waals surface area contributed by atoms with E-state index in [1.165, 1.54) is 11.8 Å². The predicted octanol–water partition coefficient (Wildman–Crippen LogP) is 4.98.